The summed E-state index contributed by atoms with van der Waals surface area (Å²) in [5.41, 5.74) is 8.78. The molecule has 142 valence electrons. The Kier molecular flexibility index (Phi) is 7.91. The summed E-state index contributed by atoms with van der Waals surface area (Å²) >= 11 is 0. The number of halogens is 1. The zero-order valence-electron chi connectivity index (χ0n) is 16.1. The van der Waals surface area contributed by atoms with Crippen LogP contribution in [0.5, 0.6) is 0 Å². The highest BCUT2D eigenvalue weighted by molar-refractivity contribution is 5.85. The number of hydrogen-bond donors (Lipinski definition) is 2. The van der Waals surface area contributed by atoms with Crippen molar-refractivity contribution in [3.05, 3.63) is 35.4 Å². The molecule has 1 aromatic carbocycles. The third-order valence-corrected chi connectivity index (χ3v) is 5.05. The molecule has 0 saturated carbocycles. The van der Waals surface area contributed by atoms with E-state index in [4.69, 9.17) is 5.73 Å². The lowest BCUT2D eigenvalue weighted by atomic mass is 9.86. The van der Waals surface area contributed by atoms with Crippen molar-refractivity contribution in [2.75, 3.05) is 32.7 Å². The number of nitrogens with one attached hydrogen (secondary N) is 1. The molecule has 1 aromatic rings. The molecule has 1 amide bonds. The van der Waals surface area contributed by atoms with Gasteiger partial charge in [0.25, 0.3) is 0 Å². The van der Waals surface area contributed by atoms with Crippen molar-refractivity contribution in [2.45, 2.75) is 46.0 Å². The second kappa shape index (κ2) is 9.02. The lowest BCUT2D eigenvalue weighted by Crippen LogP contribution is -2.38. The van der Waals surface area contributed by atoms with Crippen LogP contribution in [-0.4, -0.2) is 43.5 Å². The Hall–Kier alpha value is -1.10. The first kappa shape index (κ1) is 21.9. The minimum absolute atomic E-state index is 0. The van der Waals surface area contributed by atoms with Gasteiger partial charge in [0.05, 0.1) is 6.54 Å². The highest BCUT2D eigenvalue weighted by atomic mass is 35.5. The maximum atomic E-state index is 12.1. The van der Waals surface area contributed by atoms with Crippen LogP contribution in [0, 0.1) is 5.41 Å². The molecule has 1 atom stereocenters. The van der Waals surface area contributed by atoms with Crippen LogP contribution in [0.3, 0.4) is 0 Å². The van der Waals surface area contributed by atoms with Crippen LogP contribution in [0.15, 0.2) is 24.3 Å². The van der Waals surface area contributed by atoms with Crippen LogP contribution in [0.25, 0.3) is 0 Å². The number of amides is 1. The van der Waals surface area contributed by atoms with Crippen LogP contribution in [0.4, 0.5) is 0 Å². The second-order valence-corrected chi connectivity index (χ2v) is 8.52. The Balaban J connectivity index is 0.00000312. The van der Waals surface area contributed by atoms with E-state index in [-0.39, 0.29) is 29.1 Å². The Labute approximate surface area is 158 Å². The monoisotopic (exact) mass is 367 g/mol. The van der Waals surface area contributed by atoms with E-state index >= 15 is 0 Å². The Bertz CT molecular complexity index is 553. The van der Waals surface area contributed by atoms with E-state index in [2.05, 4.69) is 62.2 Å². The summed E-state index contributed by atoms with van der Waals surface area (Å²) in [5, 5.41) is 3.04. The van der Waals surface area contributed by atoms with Gasteiger partial charge in [-0.05, 0) is 47.9 Å². The third kappa shape index (κ3) is 6.61. The van der Waals surface area contributed by atoms with Gasteiger partial charge in [0.2, 0.25) is 5.91 Å². The van der Waals surface area contributed by atoms with Crippen molar-refractivity contribution in [2.24, 2.45) is 11.1 Å². The Morgan fingerprint density at radius 2 is 1.92 bits per heavy atom. The average molecular weight is 368 g/mol. The summed E-state index contributed by atoms with van der Waals surface area (Å²) in [4.78, 5) is 14.3. The van der Waals surface area contributed by atoms with Crippen LogP contribution in [0.1, 0.15) is 45.2 Å². The van der Waals surface area contributed by atoms with Gasteiger partial charge < -0.3 is 11.1 Å². The number of nitrogens with zero attached hydrogens (tertiary/aromatic N) is 1. The van der Waals surface area contributed by atoms with E-state index in [9.17, 15) is 4.79 Å². The molecule has 0 aliphatic carbocycles. The van der Waals surface area contributed by atoms with Gasteiger partial charge in [-0.1, -0.05) is 52.0 Å². The van der Waals surface area contributed by atoms with E-state index in [1.54, 1.807) is 0 Å². The van der Waals surface area contributed by atoms with Gasteiger partial charge in [0.15, 0.2) is 0 Å². The quantitative estimate of drug-likeness (QED) is 0.812. The van der Waals surface area contributed by atoms with E-state index in [1.807, 2.05) is 0 Å². The van der Waals surface area contributed by atoms with E-state index in [0.717, 1.165) is 25.9 Å². The smallest absolute Gasteiger partial charge is 0.234 e. The zero-order valence-corrected chi connectivity index (χ0v) is 16.9. The molecule has 25 heavy (non-hydrogen) atoms. The molecule has 2 rings (SSSR count). The minimum atomic E-state index is 0. The van der Waals surface area contributed by atoms with Crippen molar-refractivity contribution < 1.29 is 4.79 Å². The minimum Gasteiger partial charge on any atom is -0.355 e. The Morgan fingerprint density at radius 3 is 2.44 bits per heavy atom. The van der Waals surface area contributed by atoms with Gasteiger partial charge in [-0.25, -0.2) is 0 Å². The lowest BCUT2D eigenvalue weighted by Gasteiger charge is -2.22. The molecule has 0 aromatic heterocycles. The molecule has 1 fully saturated rings. The predicted molar refractivity (Wildman–Crippen MR) is 107 cm³/mol. The fourth-order valence-electron chi connectivity index (χ4n) is 3.20. The van der Waals surface area contributed by atoms with Crippen molar-refractivity contribution in [1.82, 2.24) is 10.2 Å². The van der Waals surface area contributed by atoms with Gasteiger partial charge in [0.1, 0.15) is 0 Å². The van der Waals surface area contributed by atoms with Gasteiger partial charge in [-0.3, -0.25) is 9.69 Å². The second-order valence-electron chi connectivity index (χ2n) is 8.52. The van der Waals surface area contributed by atoms with Gasteiger partial charge >= 0.3 is 0 Å². The topological polar surface area (TPSA) is 58.4 Å². The number of hydrogen-bond acceptors (Lipinski definition) is 3. The largest absolute Gasteiger partial charge is 0.355 e. The maximum absolute atomic E-state index is 12.1. The number of carbonyl (C=O) groups excluding carboxylic acids is 1. The van der Waals surface area contributed by atoms with Gasteiger partial charge in [0, 0.05) is 13.1 Å². The molecule has 1 heterocycles. The molecule has 4 nitrogen and oxygen atoms in total. The number of nitrogens with two attached hydrogens (primary N) is 1. The SMILES string of the molecule is CC1(CN)CCN(CC(=O)NCCc2ccc(C(C)(C)C)cc2)C1.Cl. The maximum Gasteiger partial charge on any atom is 0.234 e. The predicted octanol–water partition coefficient (Wildman–Crippen LogP) is 2.74. The summed E-state index contributed by atoms with van der Waals surface area (Å²) in [7, 11) is 0. The standard InChI is InChI=1S/C20H33N3O.ClH/c1-19(2,3)17-7-5-16(6-8-17)9-11-22-18(24)13-23-12-10-20(4,14-21)15-23;/h5-8H,9-15,21H2,1-4H3,(H,22,24);1H. The summed E-state index contributed by atoms with van der Waals surface area (Å²) in [6, 6.07) is 8.71. The average Bonchev–Trinajstić information content (AvgIpc) is 2.89. The number of benzene rings is 1. The summed E-state index contributed by atoms with van der Waals surface area (Å²) in [6.07, 6.45) is 1.95. The number of carbonyl (C=O) groups is 1. The molecule has 1 unspecified atom stereocenters. The fourth-order valence-corrected chi connectivity index (χ4v) is 3.20. The highest BCUT2D eigenvalue weighted by Crippen LogP contribution is 2.28. The molecule has 1 aliphatic rings. The summed E-state index contributed by atoms with van der Waals surface area (Å²) < 4.78 is 0. The fraction of sp³-hybridized carbons (Fsp3) is 0.650. The third-order valence-electron chi connectivity index (χ3n) is 5.05. The first-order valence-corrected chi connectivity index (χ1v) is 9.00. The van der Waals surface area contributed by atoms with Gasteiger partial charge in [-0.15, -0.1) is 12.4 Å². The lowest BCUT2D eigenvalue weighted by molar-refractivity contribution is -0.122. The molecular weight excluding hydrogens is 334 g/mol. The number of likely N-dealkylation sites (tertiary alicyclic amines) is 1. The van der Waals surface area contributed by atoms with Crippen molar-refractivity contribution in [3.8, 4) is 0 Å². The van der Waals surface area contributed by atoms with Gasteiger partial charge in [-0.2, -0.15) is 0 Å². The molecule has 0 spiro atoms. The Morgan fingerprint density at radius 1 is 1.28 bits per heavy atom. The van der Waals surface area contributed by atoms with E-state index < -0.39 is 0 Å². The van der Waals surface area contributed by atoms with Crippen LogP contribution < -0.4 is 11.1 Å². The molecule has 1 saturated heterocycles. The molecule has 1 aliphatic heterocycles. The summed E-state index contributed by atoms with van der Waals surface area (Å²) in [5.74, 6) is 0.114. The first-order chi connectivity index (χ1) is 11.2. The van der Waals surface area contributed by atoms with Crippen molar-refractivity contribution >= 4 is 18.3 Å². The van der Waals surface area contributed by atoms with E-state index in [1.165, 1.54) is 11.1 Å². The molecule has 0 bridgehead atoms. The highest BCUT2D eigenvalue weighted by Gasteiger charge is 2.32. The molecule has 3 N–H and O–H groups in total. The van der Waals surface area contributed by atoms with E-state index in [0.29, 0.717) is 19.6 Å². The van der Waals surface area contributed by atoms with Crippen LogP contribution >= 0.6 is 12.4 Å². The molecule has 0 radical (unpaired) electrons. The van der Waals surface area contributed by atoms with Crippen molar-refractivity contribution in [1.29, 1.82) is 0 Å². The summed E-state index contributed by atoms with van der Waals surface area (Å²) in [6.45, 7) is 12.6. The van der Waals surface area contributed by atoms with Crippen LogP contribution in [-0.2, 0) is 16.6 Å². The number of rotatable bonds is 6. The normalized spacial score (nSPS) is 21.0. The first-order valence-electron chi connectivity index (χ1n) is 9.00. The van der Waals surface area contributed by atoms with Crippen molar-refractivity contribution in [3.63, 3.8) is 0 Å². The van der Waals surface area contributed by atoms with Crippen LogP contribution in [0.2, 0.25) is 0 Å². The molecular formula is C20H34ClN3O. The zero-order chi connectivity index (χ0) is 17.8. The molecule has 5 heteroatoms.